The third-order valence-corrected chi connectivity index (χ3v) is 2.26. The fourth-order valence-electron chi connectivity index (χ4n) is 1.01. The Labute approximate surface area is 74.2 Å². The molecule has 0 amide bonds. The van der Waals surface area contributed by atoms with E-state index in [1.165, 1.54) is 0 Å². The highest BCUT2D eigenvalue weighted by Gasteiger charge is 2.47. The fourth-order valence-corrected chi connectivity index (χ4v) is 1.24. The topological polar surface area (TPSA) is 90.2 Å². The summed E-state index contributed by atoms with van der Waals surface area (Å²) >= 11 is 5.30. The van der Waals surface area contributed by atoms with Gasteiger partial charge in [-0.15, -0.1) is 11.6 Å². The number of rotatable bonds is 1. The van der Waals surface area contributed by atoms with Crippen molar-refractivity contribution in [2.45, 2.75) is 24.1 Å². The first kappa shape index (κ1) is 10.2. The minimum atomic E-state index is -1.96. The smallest absolute Gasteiger partial charge is 0.208 e. The van der Waals surface area contributed by atoms with Gasteiger partial charge >= 0.3 is 0 Å². The van der Waals surface area contributed by atoms with E-state index in [0.717, 1.165) is 0 Å². The molecule has 1 rings (SSSR count). The second-order valence-electron chi connectivity index (χ2n) is 2.79. The number of ether oxygens (including phenoxy) is 1. The first-order valence-electron chi connectivity index (χ1n) is 3.48. The molecule has 0 aromatic heterocycles. The maximum Gasteiger partial charge on any atom is 0.208 e. The Morgan fingerprint density at radius 2 is 2.00 bits per heavy atom. The van der Waals surface area contributed by atoms with Crippen molar-refractivity contribution in [2.75, 3.05) is 12.5 Å². The van der Waals surface area contributed by atoms with Crippen molar-refractivity contribution in [1.29, 1.82) is 0 Å². The number of hydrogen-bond donors (Lipinski definition) is 4. The quantitative estimate of drug-likeness (QED) is 0.367. The maximum absolute atomic E-state index is 9.36. The molecular formula is C6H11ClO5. The molecule has 1 aliphatic heterocycles. The van der Waals surface area contributed by atoms with Gasteiger partial charge in [-0.3, -0.25) is 0 Å². The van der Waals surface area contributed by atoms with Gasteiger partial charge in [0.15, 0.2) is 0 Å². The van der Waals surface area contributed by atoms with Gasteiger partial charge in [-0.2, -0.15) is 0 Å². The molecule has 12 heavy (non-hydrogen) atoms. The van der Waals surface area contributed by atoms with Gasteiger partial charge < -0.3 is 25.2 Å². The van der Waals surface area contributed by atoms with Crippen molar-refractivity contribution in [3.63, 3.8) is 0 Å². The standard InChI is InChI=1S/C6H11ClO5/c7-2-6(11)5(10)4(9)3(8)1-12-6/h3-5,8-11H,1-2H2/t3-,4-,5+,6+/m1/s1. The second-order valence-corrected chi connectivity index (χ2v) is 3.06. The van der Waals surface area contributed by atoms with E-state index < -0.39 is 24.1 Å². The van der Waals surface area contributed by atoms with Crippen molar-refractivity contribution in [2.24, 2.45) is 0 Å². The molecule has 1 fully saturated rings. The minimum Gasteiger partial charge on any atom is -0.388 e. The lowest BCUT2D eigenvalue weighted by Gasteiger charge is -2.40. The van der Waals surface area contributed by atoms with Crippen molar-refractivity contribution < 1.29 is 25.2 Å². The molecule has 0 aromatic rings. The van der Waals surface area contributed by atoms with Crippen LogP contribution in [0.1, 0.15) is 0 Å². The third-order valence-electron chi connectivity index (χ3n) is 1.88. The Bertz CT molecular complexity index is 166. The summed E-state index contributed by atoms with van der Waals surface area (Å²) in [7, 11) is 0. The second kappa shape index (κ2) is 3.45. The van der Waals surface area contributed by atoms with E-state index in [4.69, 9.17) is 21.8 Å². The molecule has 5 nitrogen and oxygen atoms in total. The van der Waals surface area contributed by atoms with Gasteiger partial charge in [0, 0.05) is 0 Å². The molecule has 0 aliphatic carbocycles. The number of aliphatic hydroxyl groups is 4. The average molecular weight is 199 g/mol. The van der Waals surface area contributed by atoms with Gasteiger partial charge in [0.2, 0.25) is 5.79 Å². The largest absolute Gasteiger partial charge is 0.388 e. The fraction of sp³-hybridized carbons (Fsp3) is 1.00. The Kier molecular flexibility index (Phi) is 2.92. The van der Waals surface area contributed by atoms with E-state index in [0.29, 0.717) is 0 Å². The van der Waals surface area contributed by atoms with Crippen LogP contribution >= 0.6 is 11.6 Å². The van der Waals surface area contributed by atoms with Gasteiger partial charge in [0.25, 0.3) is 0 Å². The number of aliphatic hydroxyl groups excluding tert-OH is 3. The molecule has 4 atom stereocenters. The monoisotopic (exact) mass is 198 g/mol. The lowest BCUT2D eigenvalue weighted by Crippen LogP contribution is -2.61. The van der Waals surface area contributed by atoms with Crippen LogP contribution in [0.25, 0.3) is 0 Å². The molecule has 1 saturated heterocycles. The van der Waals surface area contributed by atoms with Crippen molar-refractivity contribution in [1.82, 2.24) is 0 Å². The maximum atomic E-state index is 9.36. The summed E-state index contributed by atoms with van der Waals surface area (Å²) in [5.74, 6) is -2.32. The molecule has 0 saturated carbocycles. The first-order chi connectivity index (χ1) is 5.51. The Morgan fingerprint density at radius 1 is 1.42 bits per heavy atom. The highest BCUT2D eigenvalue weighted by Crippen LogP contribution is 2.24. The summed E-state index contributed by atoms with van der Waals surface area (Å²) in [5.41, 5.74) is 0. The summed E-state index contributed by atoms with van der Waals surface area (Å²) in [6.07, 6.45) is -4.20. The number of halogens is 1. The van der Waals surface area contributed by atoms with Crippen molar-refractivity contribution in [3.8, 4) is 0 Å². The van der Waals surface area contributed by atoms with Crippen LogP contribution in [-0.4, -0.2) is 57.0 Å². The summed E-state index contributed by atoms with van der Waals surface area (Å²) in [6, 6.07) is 0. The van der Waals surface area contributed by atoms with E-state index in [1.807, 2.05) is 0 Å². The summed E-state index contributed by atoms with van der Waals surface area (Å²) < 4.78 is 4.67. The molecule has 1 aliphatic rings. The molecular weight excluding hydrogens is 188 g/mol. The van der Waals surface area contributed by atoms with Crippen LogP contribution in [0.15, 0.2) is 0 Å². The zero-order valence-electron chi connectivity index (χ0n) is 6.22. The Morgan fingerprint density at radius 3 is 2.50 bits per heavy atom. The van der Waals surface area contributed by atoms with Gasteiger partial charge in [0.1, 0.15) is 18.3 Å². The van der Waals surface area contributed by atoms with Crippen LogP contribution in [-0.2, 0) is 4.74 Å². The van der Waals surface area contributed by atoms with Crippen LogP contribution in [0.3, 0.4) is 0 Å². The molecule has 0 radical (unpaired) electrons. The molecule has 0 spiro atoms. The average Bonchev–Trinajstić information content (AvgIpc) is 2.09. The van der Waals surface area contributed by atoms with Crippen LogP contribution < -0.4 is 0 Å². The van der Waals surface area contributed by atoms with Crippen molar-refractivity contribution in [3.05, 3.63) is 0 Å². The summed E-state index contributed by atoms with van der Waals surface area (Å²) in [4.78, 5) is 0. The Balaban J connectivity index is 2.71. The first-order valence-corrected chi connectivity index (χ1v) is 4.01. The van der Waals surface area contributed by atoms with Gasteiger partial charge in [0.05, 0.1) is 12.5 Å². The predicted octanol–water partition coefficient (Wildman–Crippen LogP) is -1.97. The normalized spacial score (nSPS) is 49.2. The highest BCUT2D eigenvalue weighted by molar-refractivity contribution is 6.18. The molecule has 0 aromatic carbocycles. The summed E-state index contributed by atoms with van der Waals surface area (Å²) in [5, 5.41) is 36.7. The van der Waals surface area contributed by atoms with E-state index in [2.05, 4.69) is 4.74 Å². The van der Waals surface area contributed by atoms with Crippen molar-refractivity contribution >= 4 is 11.6 Å². The predicted molar refractivity (Wildman–Crippen MR) is 39.6 cm³/mol. The van der Waals surface area contributed by atoms with Gasteiger partial charge in [-0.05, 0) is 0 Å². The minimum absolute atomic E-state index is 0.249. The molecule has 0 bridgehead atoms. The zero-order chi connectivity index (χ0) is 9.35. The van der Waals surface area contributed by atoms with E-state index in [9.17, 15) is 10.2 Å². The lowest BCUT2D eigenvalue weighted by atomic mass is 9.98. The molecule has 1 heterocycles. The Hall–Kier alpha value is 0.0900. The number of hydrogen-bond acceptors (Lipinski definition) is 5. The van der Waals surface area contributed by atoms with E-state index >= 15 is 0 Å². The van der Waals surface area contributed by atoms with Gasteiger partial charge in [-0.1, -0.05) is 0 Å². The van der Waals surface area contributed by atoms with Gasteiger partial charge in [-0.25, -0.2) is 0 Å². The molecule has 6 heteroatoms. The molecule has 0 unspecified atom stereocenters. The molecule has 4 N–H and O–H groups in total. The van der Waals surface area contributed by atoms with E-state index in [1.54, 1.807) is 0 Å². The van der Waals surface area contributed by atoms with E-state index in [-0.39, 0.29) is 12.5 Å². The van der Waals surface area contributed by atoms with Crippen LogP contribution in [0.4, 0.5) is 0 Å². The summed E-state index contributed by atoms with van der Waals surface area (Å²) in [6.45, 7) is -0.249. The zero-order valence-corrected chi connectivity index (χ0v) is 6.98. The SMILES string of the molecule is O[C@@H]1[C@H](O)CO[C@@](O)(CCl)[C@H]1O. The lowest BCUT2D eigenvalue weighted by molar-refractivity contribution is -0.310. The van der Waals surface area contributed by atoms with Crippen LogP contribution in [0.2, 0.25) is 0 Å². The number of alkyl halides is 1. The highest BCUT2D eigenvalue weighted by atomic mass is 35.5. The van der Waals surface area contributed by atoms with Crippen LogP contribution in [0, 0.1) is 0 Å². The molecule has 72 valence electrons. The third kappa shape index (κ3) is 1.56. The van der Waals surface area contributed by atoms with Crippen LogP contribution in [0.5, 0.6) is 0 Å².